The fourth-order valence-electron chi connectivity index (χ4n) is 0.477. The molecule has 0 heteroatoms. The van der Waals surface area contributed by atoms with E-state index in [-0.39, 0.29) is 0 Å². The molecule has 0 amide bonds. The van der Waals surface area contributed by atoms with Crippen molar-refractivity contribution in [1.82, 2.24) is 0 Å². The van der Waals surface area contributed by atoms with Crippen molar-refractivity contribution in [2.24, 2.45) is 0 Å². The van der Waals surface area contributed by atoms with E-state index < -0.39 is 0 Å². The van der Waals surface area contributed by atoms with E-state index in [4.69, 9.17) is 6.58 Å². The molecule has 8 heavy (non-hydrogen) atoms. The molecule has 0 aliphatic carbocycles. The Balaban J connectivity index is 2.99. The summed E-state index contributed by atoms with van der Waals surface area (Å²) in [6.45, 7) is 12.8. The highest BCUT2D eigenvalue weighted by Gasteiger charge is 1.89. The fourth-order valence-corrected chi connectivity index (χ4v) is 0.477. The number of hydrogen-bond donors (Lipinski definition) is 0. The molecule has 0 N–H and O–H groups in total. The van der Waals surface area contributed by atoms with Crippen LogP contribution in [0, 0.1) is 20.4 Å². The molecule has 0 nitrogen and oxygen atoms in total. The molecule has 0 spiro atoms. The van der Waals surface area contributed by atoms with Crippen LogP contribution in [0.25, 0.3) is 0 Å². The lowest BCUT2D eigenvalue weighted by molar-refractivity contribution is 0.815. The third-order valence-corrected chi connectivity index (χ3v) is 1.07. The Hall–Kier alpha value is -0.390. The van der Waals surface area contributed by atoms with Gasteiger partial charge in [0.2, 0.25) is 0 Å². The fraction of sp³-hybridized carbons (Fsp3) is 0.500. The summed E-state index contributed by atoms with van der Waals surface area (Å²) in [6, 6.07) is 0. The zero-order chi connectivity index (χ0) is 6.41. The van der Waals surface area contributed by atoms with Gasteiger partial charge < -0.3 is 6.92 Å². The Bertz CT molecular complexity index is 62.4. The molecule has 0 aromatic rings. The average Bonchev–Trinajstić information content (AvgIpc) is 1.83. The van der Waals surface area contributed by atoms with Crippen molar-refractivity contribution in [3.05, 3.63) is 26.0 Å². The van der Waals surface area contributed by atoms with Gasteiger partial charge in [0.15, 0.2) is 0 Å². The smallest absolute Gasteiger partial charge is 0.106 e. The van der Waals surface area contributed by atoms with Gasteiger partial charge in [-0.25, -0.2) is 0 Å². The Morgan fingerprint density at radius 3 is 2.62 bits per heavy atom. The molecular formula is C8H13. The maximum absolute atomic E-state index is 5.49. The Kier molecular flexibility index (Phi) is 4.53. The standard InChI is InChI=1S/C8H13/c1-4-6-7-8(3)5-2/h3H,1-2,4-7H2. The SMILES string of the molecule is [CH]=C(C[CH2+])CCC[CH2-]. The van der Waals surface area contributed by atoms with Crippen LogP contribution in [0.3, 0.4) is 0 Å². The van der Waals surface area contributed by atoms with E-state index in [1.165, 1.54) is 0 Å². The van der Waals surface area contributed by atoms with E-state index in [2.05, 4.69) is 13.8 Å². The number of allylic oxidation sites excluding steroid dienone is 1. The van der Waals surface area contributed by atoms with Crippen molar-refractivity contribution in [3.8, 4) is 0 Å². The molecule has 0 aliphatic heterocycles. The largest absolute Gasteiger partial charge is 0.343 e. The predicted octanol–water partition coefficient (Wildman–Crippen LogP) is 2.57. The molecule has 1 radical (unpaired) electrons. The van der Waals surface area contributed by atoms with Crippen LogP contribution in [0.5, 0.6) is 0 Å². The van der Waals surface area contributed by atoms with E-state index in [0.29, 0.717) is 0 Å². The van der Waals surface area contributed by atoms with Crippen molar-refractivity contribution in [3.63, 3.8) is 0 Å². The van der Waals surface area contributed by atoms with Gasteiger partial charge in [0.25, 0.3) is 0 Å². The summed E-state index contributed by atoms with van der Waals surface area (Å²) in [6.07, 6.45) is 3.83. The number of rotatable bonds is 4. The van der Waals surface area contributed by atoms with E-state index in [1.54, 1.807) is 0 Å². The van der Waals surface area contributed by atoms with Crippen LogP contribution in [0.4, 0.5) is 0 Å². The maximum Gasteiger partial charge on any atom is 0.106 e. The van der Waals surface area contributed by atoms with Gasteiger partial charge in [-0.3, -0.25) is 0 Å². The van der Waals surface area contributed by atoms with Gasteiger partial charge in [-0.15, -0.1) is 0 Å². The number of hydrogen-bond acceptors (Lipinski definition) is 0. The lowest BCUT2D eigenvalue weighted by Crippen LogP contribution is -1.77. The summed E-state index contributed by atoms with van der Waals surface area (Å²) in [4.78, 5) is 0. The van der Waals surface area contributed by atoms with Crippen molar-refractivity contribution in [2.45, 2.75) is 25.7 Å². The predicted molar refractivity (Wildman–Crippen MR) is 37.0 cm³/mol. The van der Waals surface area contributed by atoms with E-state index >= 15 is 0 Å². The molecular weight excluding hydrogens is 96.1 g/mol. The zero-order valence-electron chi connectivity index (χ0n) is 5.32. The lowest BCUT2D eigenvalue weighted by Gasteiger charge is -1.96. The number of unbranched alkanes of at least 4 members (excludes halogenated alkanes) is 1. The average molecular weight is 109 g/mol. The Morgan fingerprint density at radius 2 is 2.25 bits per heavy atom. The molecule has 0 rings (SSSR count). The highest BCUT2D eigenvalue weighted by Crippen LogP contribution is 2.06. The van der Waals surface area contributed by atoms with Gasteiger partial charge in [0.05, 0.1) is 6.92 Å². The minimum absolute atomic E-state index is 0.764. The van der Waals surface area contributed by atoms with Crippen LogP contribution in [0.15, 0.2) is 5.57 Å². The first-order valence-corrected chi connectivity index (χ1v) is 3.00. The molecule has 45 valence electrons. The van der Waals surface area contributed by atoms with Gasteiger partial charge in [-0.2, -0.15) is 6.42 Å². The zero-order valence-corrected chi connectivity index (χ0v) is 5.32. The minimum Gasteiger partial charge on any atom is -0.343 e. The summed E-state index contributed by atoms with van der Waals surface area (Å²) in [7, 11) is 0. The highest BCUT2D eigenvalue weighted by molar-refractivity contribution is 4.91. The van der Waals surface area contributed by atoms with Crippen molar-refractivity contribution >= 4 is 0 Å². The van der Waals surface area contributed by atoms with E-state index in [9.17, 15) is 0 Å². The van der Waals surface area contributed by atoms with Gasteiger partial charge in [0, 0.05) is 0 Å². The second-order valence-corrected chi connectivity index (χ2v) is 1.87. The normalized spacial score (nSPS) is 9.12. The van der Waals surface area contributed by atoms with E-state index in [1.807, 2.05) is 0 Å². The molecule has 0 saturated carbocycles. The second-order valence-electron chi connectivity index (χ2n) is 1.87. The van der Waals surface area contributed by atoms with Crippen LogP contribution >= 0.6 is 0 Å². The molecule has 0 aliphatic rings. The van der Waals surface area contributed by atoms with Crippen LogP contribution in [-0.2, 0) is 0 Å². The summed E-state index contributed by atoms with van der Waals surface area (Å²) in [5, 5.41) is 0. The van der Waals surface area contributed by atoms with E-state index in [0.717, 1.165) is 31.3 Å². The third-order valence-electron chi connectivity index (χ3n) is 1.07. The molecule has 0 bridgehead atoms. The third kappa shape index (κ3) is 3.79. The quantitative estimate of drug-likeness (QED) is 0.487. The summed E-state index contributed by atoms with van der Waals surface area (Å²) in [5.41, 5.74) is 0.994. The van der Waals surface area contributed by atoms with Crippen LogP contribution in [0.1, 0.15) is 25.7 Å². The maximum atomic E-state index is 5.49. The van der Waals surface area contributed by atoms with Gasteiger partial charge in [-0.05, 0) is 12.0 Å². The molecule has 0 saturated heterocycles. The second kappa shape index (κ2) is 4.76. The summed E-state index contributed by atoms with van der Waals surface area (Å²) < 4.78 is 0. The van der Waals surface area contributed by atoms with Gasteiger partial charge in [-0.1, -0.05) is 13.0 Å². The molecule has 0 unspecified atom stereocenters. The minimum atomic E-state index is 0.764. The van der Waals surface area contributed by atoms with Gasteiger partial charge >= 0.3 is 0 Å². The molecule has 0 fully saturated rings. The first kappa shape index (κ1) is 7.61. The van der Waals surface area contributed by atoms with Crippen molar-refractivity contribution in [2.75, 3.05) is 0 Å². The summed E-state index contributed by atoms with van der Waals surface area (Å²) in [5.74, 6) is 0. The highest BCUT2D eigenvalue weighted by atomic mass is 13.9. The van der Waals surface area contributed by atoms with Crippen molar-refractivity contribution < 1.29 is 0 Å². The molecule has 0 aromatic heterocycles. The lowest BCUT2D eigenvalue weighted by atomic mass is 10.1. The monoisotopic (exact) mass is 109 g/mol. The Morgan fingerprint density at radius 1 is 1.62 bits per heavy atom. The van der Waals surface area contributed by atoms with Crippen LogP contribution < -0.4 is 0 Å². The molecule has 0 heterocycles. The Labute approximate surface area is 52.6 Å². The first-order chi connectivity index (χ1) is 3.81. The van der Waals surface area contributed by atoms with Crippen LogP contribution in [-0.4, -0.2) is 0 Å². The van der Waals surface area contributed by atoms with Crippen molar-refractivity contribution in [1.29, 1.82) is 0 Å². The summed E-state index contributed by atoms with van der Waals surface area (Å²) >= 11 is 0. The van der Waals surface area contributed by atoms with Crippen LogP contribution in [0.2, 0.25) is 0 Å². The molecule has 0 atom stereocenters. The topological polar surface area (TPSA) is 0 Å². The first-order valence-electron chi connectivity index (χ1n) is 3.00. The molecule has 0 aromatic carbocycles. The van der Waals surface area contributed by atoms with Gasteiger partial charge in [0.1, 0.15) is 6.42 Å².